The SMILES string of the molecule is Cc1cc(CCc2c[nH]c3ccccc23)oc(=O)c1C(=O)N(C)C(C)CCO. The number of fused-ring (bicyclic) bond motifs is 1. The molecule has 6 nitrogen and oxygen atoms in total. The molecule has 0 aliphatic rings. The minimum absolute atomic E-state index is 0.0147. The van der Waals surface area contributed by atoms with E-state index in [0.717, 1.165) is 22.9 Å². The van der Waals surface area contributed by atoms with Crippen molar-refractivity contribution in [2.45, 2.75) is 39.2 Å². The van der Waals surface area contributed by atoms with Gasteiger partial charge in [0.05, 0.1) is 0 Å². The van der Waals surface area contributed by atoms with Crippen LogP contribution in [0.4, 0.5) is 0 Å². The van der Waals surface area contributed by atoms with Crippen LogP contribution < -0.4 is 5.63 Å². The maximum Gasteiger partial charge on any atom is 0.349 e. The molecule has 2 aromatic heterocycles. The molecule has 0 aliphatic carbocycles. The Labute approximate surface area is 163 Å². The molecule has 0 fully saturated rings. The van der Waals surface area contributed by atoms with Crippen LogP contribution in [0.5, 0.6) is 0 Å². The van der Waals surface area contributed by atoms with E-state index in [1.807, 2.05) is 31.3 Å². The van der Waals surface area contributed by atoms with Gasteiger partial charge in [0, 0.05) is 43.2 Å². The molecule has 148 valence electrons. The molecule has 0 radical (unpaired) electrons. The summed E-state index contributed by atoms with van der Waals surface area (Å²) in [6.07, 6.45) is 3.73. The van der Waals surface area contributed by atoms with E-state index < -0.39 is 5.63 Å². The minimum atomic E-state index is -0.609. The summed E-state index contributed by atoms with van der Waals surface area (Å²) in [5.74, 6) is 0.186. The van der Waals surface area contributed by atoms with E-state index in [1.165, 1.54) is 4.90 Å². The fourth-order valence-electron chi connectivity index (χ4n) is 3.41. The average molecular weight is 382 g/mol. The highest BCUT2D eigenvalue weighted by Gasteiger charge is 2.23. The molecular weight excluding hydrogens is 356 g/mol. The van der Waals surface area contributed by atoms with E-state index >= 15 is 0 Å². The number of para-hydroxylation sites is 1. The molecule has 1 unspecified atom stereocenters. The monoisotopic (exact) mass is 382 g/mol. The van der Waals surface area contributed by atoms with Gasteiger partial charge in [0.15, 0.2) is 0 Å². The smallest absolute Gasteiger partial charge is 0.349 e. The summed E-state index contributed by atoms with van der Waals surface area (Å²) in [7, 11) is 1.63. The summed E-state index contributed by atoms with van der Waals surface area (Å²) in [6.45, 7) is 3.57. The third kappa shape index (κ3) is 4.02. The van der Waals surface area contributed by atoms with Crippen LogP contribution in [0.15, 0.2) is 45.7 Å². The van der Waals surface area contributed by atoms with E-state index in [-0.39, 0.29) is 24.1 Å². The van der Waals surface area contributed by atoms with Crippen molar-refractivity contribution < 1.29 is 14.3 Å². The van der Waals surface area contributed by atoms with Gasteiger partial charge in [0.2, 0.25) is 0 Å². The highest BCUT2D eigenvalue weighted by atomic mass is 16.4. The largest absolute Gasteiger partial charge is 0.427 e. The molecule has 3 aromatic rings. The Kier molecular flexibility index (Phi) is 5.99. The number of carbonyl (C=O) groups is 1. The molecule has 3 rings (SSSR count). The molecule has 0 saturated carbocycles. The molecule has 1 atom stereocenters. The second-order valence-corrected chi connectivity index (χ2v) is 7.20. The summed E-state index contributed by atoms with van der Waals surface area (Å²) in [4.78, 5) is 29.9. The first-order valence-corrected chi connectivity index (χ1v) is 9.49. The predicted molar refractivity (Wildman–Crippen MR) is 109 cm³/mol. The van der Waals surface area contributed by atoms with Gasteiger partial charge in [0.1, 0.15) is 11.3 Å². The number of aliphatic hydroxyl groups excluding tert-OH is 1. The third-order valence-electron chi connectivity index (χ3n) is 5.26. The van der Waals surface area contributed by atoms with Crippen LogP contribution in [0.25, 0.3) is 10.9 Å². The zero-order valence-electron chi connectivity index (χ0n) is 16.5. The summed E-state index contributed by atoms with van der Waals surface area (Å²) in [6, 6.07) is 9.68. The summed E-state index contributed by atoms with van der Waals surface area (Å²) >= 11 is 0. The Morgan fingerprint density at radius 2 is 2.04 bits per heavy atom. The van der Waals surface area contributed by atoms with Crippen molar-refractivity contribution in [2.75, 3.05) is 13.7 Å². The Morgan fingerprint density at radius 3 is 2.75 bits per heavy atom. The normalized spacial score (nSPS) is 12.3. The first-order chi connectivity index (χ1) is 13.4. The van der Waals surface area contributed by atoms with Crippen LogP contribution in [0, 0.1) is 6.92 Å². The average Bonchev–Trinajstić information content (AvgIpc) is 3.08. The van der Waals surface area contributed by atoms with Crippen molar-refractivity contribution in [1.82, 2.24) is 9.88 Å². The number of aromatic nitrogens is 1. The fraction of sp³-hybridized carbons (Fsp3) is 0.364. The van der Waals surface area contributed by atoms with Gasteiger partial charge in [-0.25, -0.2) is 4.79 Å². The number of aliphatic hydroxyl groups is 1. The summed E-state index contributed by atoms with van der Waals surface area (Å²) < 4.78 is 5.45. The fourth-order valence-corrected chi connectivity index (χ4v) is 3.41. The predicted octanol–water partition coefficient (Wildman–Crippen LogP) is 3.06. The molecular formula is C22H26N2O4. The van der Waals surface area contributed by atoms with Crippen LogP contribution in [0.3, 0.4) is 0 Å². The van der Waals surface area contributed by atoms with Crippen molar-refractivity contribution in [1.29, 1.82) is 0 Å². The number of hydrogen-bond acceptors (Lipinski definition) is 4. The molecule has 2 heterocycles. The van der Waals surface area contributed by atoms with Crippen molar-refractivity contribution in [2.24, 2.45) is 0 Å². The molecule has 1 aromatic carbocycles. The summed E-state index contributed by atoms with van der Waals surface area (Å²) in [5, 5.41) is 10.2. The number of H-pyrrole nitrogens is 1. The quantitative estimate of drug-likeness (QED) is 0.658. The lowest BCUT2D eigenvalue weighted by Gasteiger charge is -2.24. The van der Waals surface area contributed by atoms with Gasteiger partial charge < -0.3 is 19.4 Å². The lowest BCUT2D eigenvalue weighted by Crippen LogP contribution is -2.38. The zero-order chi connectivity index (χ0) is 20.3. The molecule has 0 spiro atoms. The van der Waals surface area contributed by atoms with Gasteiger partial charge in [0.25, 0.3) is 5.91 Å². The maximum absolute atomic E-state index is 12.7. The number of carbonyl (C=O) groups excluding carboxylic acids is 1. The van der Waals surface area contributed by atoms with E-state index in [9.17, 15) is 9.59 Å². The highest BCUT2D eigenvalue weighted by molar-refractivity contribution is 5.95. The minimum Gasteiger partial charge on any atom is -0.427 e. The first-order valence-electron chi connectivity index (χ1n) is 9.49. The van der Waals surface area contributed by atoms with Gasteiger partial charge in [-0.05, 0) is 49.9 Å². The Morgan fingerprint density at radius 1 is 1.29 bits per heavy atom. The van der Waals surface area contributed by atoms with Crippen molar-refractivity contribution in [3.8, 4) is 0 Å². The van der Waals surface area contributed by atoms with Crippen molar-refractivity contribution in [3.63, 3.8) is 0 Å². The molecule has 0 bridgehead atoms. The van der Waals surface area contributed by atoms with Gasteiger partial charge in [-0.1, -0.05) is 18.2 Å². The summed E-state index contributed by atoms with van der Waals surface area (Å²) in [5.41, 5.74) is 2.30. The number of nitrogens with zero attached hydrogens (tertiary/aromatic N) is 1. The molecule has 2 N–H and O–H groups in total. The number of amides is 1. The number of aromatic amines is 1. The molecule has 28 heavy (non-hydrogen) atoms. The van der Waals surface area contributed by atoms with E-state index in [0.29, 0.717) is 24.2 Å². The van der Waals surface area contributed by atoms with Crippen molar-refractivity contribution >= 4 is 16.8 Å². The van der Waals surface area contributed by atoms with Crippen LogP contribution in [0.1, 0.15) is 40.6 Å². The second kappa shape index (κ2) is 8.44. The van der Waals surface area contributed by atoms with E-state index in [4.69, 9.17) is 9.52 Å². The first kappa shape index (κ1) is 19.9. The van der Waals surface area contributed by atoms with Crippen LogP contribution in [-0.4, -0.2) is 40.6 Å². The van der Waals surface area contributed by atoms with Crippen LogP contribution in [0.2, 0.25) is 0 Å². The lowest BCUT2D eigenvalue weighted by atomic mass is 10.0. The number of aryl methyl sites for hydroxylation is 3. The van der Waals surface area contributed by atoms with Crippen LogP contribution in [-0.2, 0) is 12.8 Å². The van der Waals surface area contributed by atoms with Gasteiger partial charge >= 0.3 is 5.63 Å². The molecule has 0 aliphatic heterocycles. The Balaban J connectivity index is 1.78. The maximum atomic E-state index is 12.7. The lowest BCUT2D eigenvalue weighted by molar-refractivity contribution is 0.0716. The Bertz CT molecular complexity index is 1030. The topological polar surface area (TPSA) is 86.5 Å². The number of hydrogen-bond donors (Lipinski definition) is 2. The zero-order valence-corrected chi connectivity index (χ0v) is 16.5. The molecule has 0 saturated heterocycles. The molecule has 1 amide bonds. The standard InChI is InChI=1S/C22H26N2O4/c1-14-12-17(9-8-16-13-23-19-7-5-4-6-18(16)19)28-22(27)20(14)21(26)24(3)15(2)10-11-25/h4-7,12-13,15,23,25H,8-11H2,1-3H3. The van der Waals surface area contributed by atoms with E-state index in [1.54, 1.807) is 20.0 Å². The van der Waals surface area contributed by atoms with Crippen molar-refractivity contribution in [3.05, 3.63) is 69.4 Å². The number of rotatable bonds is 7. The van der Waals surface area contributed by atoms with Gasteiger partial charge in [-0.15, -0.1) is 0 Å². The highest BCUT2D eigenvalue weighted by Crippen LogP contribution is 2.20. The van der Waals surface area contributed by atoms with Gasteiger partial charge in [-0.3, -0.25) is 4.79 Å². The van der Waals surface area contributed by atoms with Crippen LogP contribution >= 0.6 is 0 Å². The third-order valence-corrected chi connectivity index (χ3v) is 5.26. The number of benzene rings is 1. The van der Waals surface area contributed by atoms with Gasteiger partial charge in [-0.2, -0.15) is 0 Å². The Hall–Kier alpha value is -2.86. The molecule has 6 heteroatoms. The van der Waals surface area contributed by atoms with E-state index in [2.05, 4.69) is 11.1 Å². The second-order valence-electron chi connectivity index (χ2n) is 7.20. The number of nitrogens with one attached hydrogen (secondary N) is 1.